The summed E-state index contributed by atoms with van der Waals surface area (Å²) in [5, 5.41) is 0. The minimum atomic E-state index is -4.13. The molecule has 0 radical (unpaired) electrons. The molecule has 0 saturated heterocycles. The Morgan fingerprint density at radius 1 is 1.30 bits per heavy atom. The molecule has 0 saturated carbocycles. The van der Waals surface area contributed by atoms with Crippen LogP contribution in [0.5, 0.6) is 0 Å². The molecule has 1 aromatic rings. The lowest BCUT2D eigenvalue weighted by atomic mass is 10.2. The number of methoxy groups -OCH3 is 1. The van der Waals surface area contributed by atoms with Gasteiger partial charge in [0.2, 0.25) is 0 Å². The van der Waals surface area contributed by atoms with Crippen molar-refractivity contribution in [1.82, 2.24) is 4.72 Å². The highest BCUT2D eigenvalue weighted by Gasteiger charge is 2.15. The lowest BCUT2D eigenvalue weighted by Gasteiger charge is -2.09. The van der Waals surface area contributed by atoms with Crippen LogP contribution in [0, 0.1) is 0 Å². The first-order valence-corrected chi connectivity index (χ1v) is 7.02. The fraction of sp³-hybridized carbons (Fsp3) is 0.273. The van der Waals surface area contributed by atoms with Gasteiger partial charge in [0.15, 0.2) is 0 Å². The normalized spacial score (nSPS) is 10.5. The molecule has 0 aliphatic rings. The Morgan fingerprint density at radius 2 is 2.00 bits per heavy atom. The summed E-state index contributed by atoms with van der Waals surface area (Å²) >= 11 is 0. The minimum Gasteiger partial charge on any atom is -0.465 e. The molecular formula is C11H14N2O6S. The average molecular weight is 302 g/mol. The van der Waals surface area contributed by atoms with E-state index in [1.165, 1.54) is 31.4 Å². The van der Waals surface area contributed by atoms with Crippen LogP contribution in [0.25, 0.3) is 0 Å². The molecule has 0 spiro atoms. The van der Waals surface area contributed by atoms with Gasteiger partial charge in [-0.2, -0.15) is 8.42 Å². The summed E-state index contributed by atoms with van der Waals surface area (Å²) < 4.78 is 35.9. The van der Waals surface area contributed by atoms with Crippen LogP contribution in [0.2, 0.25) is 0 Å². The Morgan fingerprint density at radius 3 is 2.60 bits per heavy atom. The summed E-state index contributed by atoms with van der Waals surface area (Å²) in [5.41, 5.74) is 0.272. The molecule has 2 N–H and O–H groups in total. The summed E-state index contributed by atoms with van der Waals surface area (Å²) in [6.07, 6.45) is -1.09. The SMILES string of the molecule is CCOC(=O)NS(=O)(=O)Nc1cccc(C(=O)OC)c1. The fourth-order valence-corrected chi connectivity index (χ4v) is 2.05. The number of hydrogen-bond acceptors (Lipinski definition) is 6. The zero-order chi connectivity index (χ0) is 15.2. The highest BCUT2D eigenvalue weighted by Crippen LogP contribution is 2.12. The van der Waals surface area contributed by atoms with E-state index in [0.717, 1.165) is 0 Å². The van der Waals surface area contributed by atoms with Crippen LogP contribution in [-0.4, -0.2) is 34.2 Å². The van der Waals surface area contributed by atoms with Crippen molar-refractivity contribution in [3.63, 3.8) is 0 Å². The molecule has 0 unspecified atom stereocenters. The Labute approximate surface area is 116 Å². The lowest BCUT2D eigenvalue weighted by Crippen LogP contribution is -2.35. The molecule has 110 valence electrons. The summed E-state index contributed by atoms with van der Waals surface area (Å²) in [7, 11) is -2.92. The van der Waals surface area contributed by atoms with Gasteiger partial charge in [-0.05, 0) is 25.1 Å². The van der Waals surface area contributed by atoms with E-state index in [1.807, 2.05) is 0 Å². The van der Waals surface area contributed by atoms with E-state index in [2.05, 4.69) is 14.2 Å². The number of benzene rings is 1. The molecule has 0 aliphatic carbocycles. The predicted octanol–water partition coefficient (Wildman–Crippen LogP) is 0.876. The minimum absolute atomic E-state index is 0.0409. The number of nitrogens with one attached hydrogen (secondary N) is 2. The third kappa shape index (κ3) is 4.76. The van der Waals surface area contributed by atoms with E-state index < -0.39 is 22.3 Å². The van der Waals surface area contributed by atoms with Crippen LogP contribution in [0.4, 0.5) is 10.5 Å². The quantitative estimate of drug-likeness (QED) is 0.781. The number of esters is 1. The van der Waals surface area contributed by atoms with Crippen LogP contribution in [0.3, 0.4) is 0 Å². The van der Waals surface area contributed by atoms with Crippen LogP contribution in [0.15, 0.2) is 24.3 Å². The number of ether oxygens (including phenoxy) is 2. The Balaban J connectivity index is 2.82. The zero-order valence-corrected chi connectivity index (χ0v) is 11.7. The maximum Gasteiger partial charge on any atom is 0.422 e. The second-order valence-electron chi connectivity index (χ2n) is 3.50. The monoisotopic (exact) mass is 302 g/mol. The van der Waals surface area contributed by atoms with Crippen LogP contribution in [-0.2, 0) is 19.7 Å². The van der Waals surface area contributed by atoms with E-state index in [-0.39, 0.29) is 17.9 Å². The van der Waals surface area contributed by atoms with Gasteiger partial charge in [0.05, 0.1) is 25.0 Å². The zero-order valence-electron chi connectivity index (χ0n) is 10.9. The number of carbonyl (C=O) groups excluding carboxylic acids is 2. The Kier molecular flexibility index (Phi) is 5.32. The summed E-state index contributed by atoms with van der Waals surface area (Å²) in [4.78, 5) is 22.3. The number of carbonyl (C=O) groups is 2. The maximum atomic E-state index is 11.6. The molecule has 0 bridgehead atoms. The van der Waals surface area contributed by atoms with Crippen molar-refractivity contribution in [2.24, 2.45) is 0 Å². The van der Waals surface area contributed by atoms with Gasteiger partial charge >= 0.3 is 22.3 Å². The number of amides is 1. The number of anilines is 1. The molecule has 0 fully saturated rings. The molecule has 1 aromatic carbocycles. The highest BCUT2D eigenvalue weighted by molar-refractivity contribution is 7.91. The van der Waals surface area contributed by atoms with Crippen molar-refractivity contribution in [2.45, 2.75) is 6.92 Å². The van der Waals surface area contributed by atoms with E-state index in [0.29, 0.717) is 0 Å². The first-order chi connectivity index (χ1) is 9.38. The topological polar surface area (TPSA) is 111 Å². The van der Waals surface area contributed by atoms with E-state index in [1.54, 1.807) is 11.6 Å². The molecule has 8 nitrogen and oxygen atoms in total. The van der Waals surface area contributed by atoms with Gasteiger partial charge < -0.3 is 9.47 Å². The first kappa shape index (κ1) is 15.8. The van der Waals surface area contributed by atoms with Gasteiger partial charge in [-0.25, -0.2) is 14.3 Å². The Bertz CT molecular complexity index is 599. The van der Waals surface area contributed by atoms with Gasteiger partial charge in [0.25, 0.3) is 0 Å². The van der Waals surface area contributed by atoms with Gasteiger partial charge in [-0.1, -0.05) is 6.07 Å². The summed E-state index contributed by atoms with van der Waals surface area (Å²) in [5.74, 6) is -0.607. The molecule has 9 heteroatoms. The van der Waals surface area contributed by atoms with E-state index in [9.17, 15) is 18.0 Å². The first-order valence-electron chi connectivity index (χ1n) is 5.53. The number of rotatable bonds is 5. The van der Waals surface area contributed by atoms with Crippen molar-refractivity contribution in [2.75, 3.05) is 18.4 Å². The van der Waals surface area contributed by atoms with E-state index in [4.69, 9.17) is 0 Å². The third-order valence-corrected chi connectivity index (χ3v) is 2.97. The van der Waals surface area contributed by atoms with Gasteiger partial charge in [0, 0.05) is 0 Å². The van der Waals surface area contributed by atoms with Crippen LogP contribution < -0.4 is 9.44 Å². The second-order valence-corrected chi connectivity index (χ2v) is 4.92. The van der Waals surface area contributed by atoms with Crippen molar-refractivity contribution in [3.8, 4) is 0 Å². The molecule has 0 aromatic heterocycles. The van der Waals surface area contributed by atoms with E-state index >= 15 is 0 Å². The van der Waals surface area contributed by atoms with Gasteiger partial charge in [-0.3, -0.25) is 4.72 Å². The van der Waals surface area contributed by atoms with Crippen LogP contribution in [0.1, 0.15) is 17.3 Å². The maximum absolute atomic E-state index is 11.6. The summed E-state index contributed by atoms with van der Waals surface area (Å²) in [6.45, 7) is 1.58. The molecule has 20 heavy (non-hydrogen) atoms. The van der Waals surface area contributed by atoms with Crippen molar-refractivity contribution < 1.29 is 27.5 Å². The Hall–Kier alpha value is -2.29. The van der Waals surface area contributed by atoms with Gasteiger partial charge in [-0.15, -0.1) is 0 Å². The molecular weight excluding hydrogens is 288 g/mol. The molecule has 0 heterocycles. The smallest absolute Gasteiger partial charge is 0.422 e. The molecule has 1 rings (SSSR count). The number of hydrogen-bond donors (Lipinski definition) is 2. The highest BCUT2D eigenvalue weighted by atomic mass is 32.2. The predicted molar refractivity (Wildman–Crippen MR) is 70.5 cm³/mol. The molecule has 0 aliphatic heterocycles. The van der Waals surface area contributed by atoms with Gasteiger partial charge in [0.1, 0.15) is 0 Å². The van der Waals surface area contributed by atoms with Crippen molar-refractivity contribution in [1.29, 1.82) is 0 Å². The summed E-state index contributed by atoms with van der Waals surface area (Å²) in [6, 6.07) is 5.62. The van der Waals surface area contributed by atoms with Crippen molar-refractivity contribution in [3.05, 3.63) is 29.8 Å². The molecule has 1 amide bonds. The lowest BCUT2D eigenvalue weighted by molar-refractivity contribution is 0.0600. The van der Waals surface area contributed by atoms with Crippen molar-refractivity contribution >= 4 is 28.0 Å². The fourth-order valence-electron chi connectivity index (χ4n) is 1.28. The third-order valence-electron chi connectivity index (χ3n) is 2.03. The molecule has 0 atom stereocenters. The van der Waals surface area contributed by atoms with Crippen LogP contribution >= 0.6 is 0 Å². The standard InChI is InChI=1S/C11H14N2O6S/c1-3-19-11(15)13-20(16,17)12-9-6-4-5-8(7-9)10(14)18-2/h4-7,12H,3H2,1-2H3,(H,13,15). The largest absolute Gasteiger partial charge is 0.465 e. The second kappa shape index (κ2) is 6.75. The average Bonchev–Trinajstić information content (AvgIpc) is 2.37.